The van der Waals surface area contributed by atoms with Crippen LogP contribution in [0.3, 0.4) is 0 Å². The number of hydrogen-bond acceptors (Lipinski definition) is 2. The van der Waals surface area contributed by atoms with Crippen LogP contribution in [0.2, 0.25) is 5.02 Å². The number of hydrogen-bond donors (Lipinski definition) is 2. The molecule has 0 atom stereocenters. The predicted octanol–water partition coefficient (Wildman–Crippen LogP) is 3.87. The molecule has 0 heterocycles. The molecule has 0 saturated heterocycles. The van der Waals surface area contributed by atoms with Gasteiger partial charge < -0.3 is 10.6 Å². The maximum atomic E-state index is 11.8. The van der Waals surface area contributed by atoms with E-state index in [2.05, 4.69) is 26.6 Å². The molecule has 2 rings (SSSR count). The van der Waals surface area contributed by atoms with Crippen molar-refractivity contribution in [3.8, 4) is 0 Å². The molecule has 0 unspecified atom stereocenters. The van der Waals surface area contributed by atoms with E-state index in [0.717, 1.165) is 33.7 Å². The molecule has 0 saturated carbocycles. The van der Waals surface area contributed by atoms with E-state index in [-0.39, 0.29) is 12.5 Å². The smallest absolute Gasteiger partial charge is 0.238 e. The highest BCUT2D eigenvalue weighted by molar-refractivity contribution is 9.10. The fraction of sp³-hybridized carbons (Fsp3) is 0.188. The van der Waals surface area contributed by atoms with Gasteiger partial charge in [-0.15, -0.1) is 0 Å². The lowest BCUT2D eigenvalue weighted by Gasteiger charge is -2.07. The molecule has 21 heavy (non-hydrogen) atoms. The Morgan fingerprint density at radius 1 is 1.14 bits per heavy atom. The van der Waals surface area contributed by atoms with E-state index in [1.807, 2.05) is 48.5 Å². The molecular weight excluding hydrogens is 352 g/mol. The first-order valence-electron chi connectivity index (χ1n) is 6.64. The van der Waals surface area contributed by atoms with E-state index < -0.39 is 0 Å². The molecule has 0 aliphatic heterocycles. The van der Waals surface area contributed by atoms with Gasteiger partial charge in [0.2, 0.25) is 5.91 Å². The minimum absolute atomic E-state index is 0.0524. The highest BCUT2D eigenvalue weighted by Gasteiger charge is 2.02. The van der Waals surface area contributed by atoms with E-state index >= 15 is 0 Å². The predicted molar refractivity (Wildman–Crippen MR) is 90.8 cm³/mol. The summed E-state index contributed by atoms with van der Waals surface area (Å²) in [6, 6.07) is 15.2. The Morgan fingerprint density at radius 3 is 2.62 bits per heavy atom. The molecule has 110 valence electrons. The Bertz CT molecular complexity index is 601. The van der Waals surface area contributed by atoms with Crippen LogP contribution in [-0.2, 0) is 11.2 Å². The summed E-state index contributed by atoms with van der Waals surface area (Å²) in [6.07, 6.45) is 0.839. The molecule has 0 aliphatic carbocycles. The molecule has 2 aromatic carbocycles. The van der Waals surface area contributed by atoms with Crippen LogP contribution in [0.25, 0.3) is 0 Å². The SMILES string of the molecule is O=C(CNCCc1cccc(Cl)c1)Nc1ccc(Br)cc1. The first kappa shape index (κ1) is 16.0. The second kappa shape index (κ2) is 8.17. The van der Waals surface area contributed by atoms with Gasteiger partial charge in [-0.05, 0) is 54.9 Å². The summed E-state index contributed by atoms with van der Waals surface area (Å²) >= 11 is 9.28. The van der Waals surface area contributed by atoms with Crippen LogP contribution in [0.1, 0.15) is 5.56 Å². The van der Waals surface area contributed by atoms with Crippen molar-refractivity contribution in [3.63, 3.8) is 0 Å². The lowest BCUT2D eigenvalue weighted by molar-refractivity contribution is -0.115. The van der Waals surface area contributed by atoms with Crippen LogP contribution in [0.5, 0.6) is 0 Å². The zero-order valence-electron chi connectivity index (χ0n) is 11.4. The molecule has 0 radical (unpaired) electrons. The third kappa shape index (κ3) is 5.87. The summed E-state index contributed by atoms with van der Waals surface area (Å²) in [5.41, 5.74) is 1.95. The van der Waals surface area contributed by atoms with Gasteiger partial charge in [0.15, 0.2) is 0 Å². The van der Waals surface area contributed by atoms with E-state index in [1.165, 1.54) is 0 Å². The van der Waals surface area contributed by atoms with E-state index in [0.29, 0.717) is 0 Å². The van der Waals surface area contributed by atoms with Gasteiger partial charge in [0.25, 0.3) is 0 Å². The zero-order chi connectivity index (χ0) is 15.1. The fourth-order valence-electron chi connectivity index (χ4n) is 1.87. The van der Waals surface area contributed by atoms with Gasteiger partial charge in [0, 0.05) is 15.2 Å². The van der Waals surface area contributed by atoms with Gasteiger partial charge >= 0.3 is 0 Å². The molecule has 3 nitrogen and oxygen atoms in total. The Balaban J connectivity index is 1.68. The van der Waals surface area contributed by atoms with Gasteiger partial charge in [-0.1, -0.05) is 39.7 Å². The van der Waals surface area contributed by atoms with Crippen molar-refractivity contribution in [3.05, 3.63) is 63.6 Å². The molecule has 5 heteroatoms. The normalized spacial score (nSPS) is 10.4. The van der Waals surface area contributed by atoms with Crippen molar-refractivity contribution in [2.24, 2.45) is 0 Å². The number of halogens is 2. The highest BCUT2D eigenvalue weighted by Crippen LogP contribution is 2.14. The lowest BCUT2D eigenvalue weighted by atomic mass is 10.1. The third-order valence-electron chi connectivity index (χ3n) is 2.89. The Morgan fingerprint density at radius 2 is 1.90 bits per heavy atom. The monoisotopic (exact) mass is 366 g/mol. The van der Waals surface area contributed by atoms with E-state index in [1.54, 1.807) is 0 Å². The maximum absolute atomic E-state index is 11.8. The number of benzene rings is 2. The molecule has 0 aromatic heterocycles. The Hall–Kier alpha value is -1.36. The van der Waals surface area contributed by atoms with Crippen molar-refractivity contribution < 1.29 is 4.79 Å². The Labute approximate surface area is 137 Å². The molecule has 2 aromatic rings. The number of carbonyl (C=O) groups is 1. The summed E-state index contributed by atoms with van der Waals surface area (Å²) in [6.45, 7) is 1.02. The first-order chi connectivity index (χ1) is 10.1. The van der Waals surface area contributed by atoms with Gasteiger partial charge in [-0.25, -0.2) is 0 Å². The number of carbonyl (C=O) groups excluding carboxylic acids is 1. The van der Waals surface area contributed by atoms with Crippen LogP contribution in [0, 0.1) is 0 Å². The quantitative estimate of drug-likeness (QED) is 0.761. The van der Waals surface area contributed by atoms with Crippen molar-refractivity contribution in [1.29, 1.82) is 0 Å². The molecule has 2 N–H and O–H groups in total. The fourth-order valence-corrected chi connectivity index (χ4v) is 2.34. The van der Waals surface area contributed by atoms with Crippen LogP contribution in [0.15, 0.2) is 53.0 Å². The average Bonchev–Trinajstić information content (AvgIpc) is 2.46. The van der Waals surface area contributed by atoms with Gasteiger partial charge in [0.05, 0.1) is 6.54 Å². The molecule has 0 bridgehead atoms. The third-order valence-corrected chi connectivity index (χ3v) is 3.66. The van der Waals surface area contributed by atoms with Crippen LogP contribution in [0.4, 0.5) is 5.69 Å². The number of nitrogens with one attached hydrogen (secondary N) is 2. The summed E-state index contributed by atoms with van der Waals surface area (Å²) in [5, 5.41) is 6.69. The van der Waals surface area contributed by atoms with Crippen LogP contribution < -0.4 is 10.6 Å². The summed E-state index contributed by atoms with van der Waals surface area (Å²) in [7, 11) is 0. The van der Waals surface area contributed by atoms with E-state index in [4.69, 9.17) is 11.6 Å². The molecule has 0 fully saturated rings. The average molecular weight is 368 g/mol. The van der Waals surface area contributed by atoms with Crippen LogP contribution in [-0.4, -0.2) is 19.0 Å². The number of anilines is 1. The minimum atomic E-state index is -0.0524. The van der Waals surface area contributed by atoms with E-state index in [9.17, 15) is 4.79 Å². The van der Waals surface area contributed by atoms with Crippen molar-refractivity contribution in [1.82, 2.24) is 5.32 Å². The van der Waals surface area contributed by atoms with Gasteiger partial charge in [-0.3, -0.25) is 4.79 Å². The molecule has 1 amide bonds. The van der Waals surface area contributed by atoms with Crippen molar-refractivity contribution in [2.45, 2.75) is 6.42 Å². The maximum Gasteiger partial charge on any atom is 0.238 e. The lowest BCUT2D eigenvalue weighted by Crippen LogP contribution is -2.29. The van der Waals surface area contributed by atoms with Crippen LogP contribution >= 0.6 is 27.5 Å². The standard InChI is InChI=1S/C16H16BrClN2O/c17-13-4-6-15(7-5-13)20-16(21)11-19-9-8-12-2-1-3-14(18)10-12/h1-7,10,19H,8-9,11H2,(H,20,21). The topological polar surface area (TPSA) is 41.1 Å². The summed E-state index contributed by atoms with van der Waals surface area (Å²) in [5.74, 6) is -0.0524. The Kier molecular flexibility index (Phi) is 6.23. The first-order valence-corrected chi connectivity index (χ1v) is 7.81. The largest absolute Gasteiger partial charge is 0.325 e. The minimum Gasteiger partial charge on any atom is -0.325 e. The van der Waals surface area contributed by atoms with Crippen molar-refractivity contribution >= 4 is 39.1 Å². The summed E-state index contributed by atoms with van der Waals surface area (Å²) < 4.78 is 0.986. The van der Waals surface area contributed by atoms with Gasteiger partial charge in [0.1, 0.15) is 0 Å². The number of rotatable bonds is 6. The van der Waals surface area contributed by atoms with Crippen molar-refractivity contribution in [2.75, 3.05) is 18.4 Å². The summed E-state index contributed by atoms with van der Waals surface area (Å²) in [4.78, 5) is 11.8. The highest BCUT2D eigenvalue weighted by atomic mass is 79.9. The van der Waals surface area contributed by atoms with Gasteiger partial charge in [-0.2, -0.15) is 0 Å². The second-order valence-corrected chi connectivity index (χ2v) is 5.96. The second-order valence-electron chi connectivity index (χ2n) is 4.61. The molecule has 0 aliphatic rings. The zero-order valence-corrected chi connectivity index (χ0v) is 13.7. The molecular formula is C16H16BrClN2O. The molecule has 0 spiro atoms. The number of amides is 1.